The van der Waals surface area contributed by atoms with Crippen LogP contribution in [0.2, 0.25) is 5.02 Å². The van der Waals surface area contributed by atoms with Crippen LogP contribution in [-0.2, 0) is 0 Å². The Morgan fingerprint density at radius 3 is 2.95 bits per heavy atom. The first kappa shape index (κ1) is 13.3. The molecule has 2 aliphatic rings. The lowest BCUT2D eigenvalue weighted by Crippen LogP contribution is -2.50. The first-order valence-electron chi connectivity index (χ1n) is 6.06. The van der Waals surface area contributed by atoms with E-state index in [1.807, 2.05) is 19.1 Å². The molecular weight excluding hydrogens is 297 g/mol. The molecule has 102 valence electrons. The molecule has 0 saturated heterocycles. The fourth-order valence-electron chi connectivity index (χ4n) is 2.14. The Labute approximate surface area is 126 Å². The van der Waals surface area contributed by atoms with Crippen LogP contribution < -0.4 is 4.90 Å². The summed E-state index contributed by atoms with van der Waals surface area (Å²) in [5.41, 5.74) is 1.75. The van der Waals surface area contributed by atoms with Crippen molar-refractivity contribution in [2.45, 2.75) is 6.92 Å². The number of fused-ring (bicyclic) bond motifs is 1. The van der Waals surface area contributed by atoms with E-state index in [4.69, 9.17) is 23.8 Å². The molecule has 2 heterocycles. The van der Waals surface area contributed by atoms with E-state index in [1.54, 1.807) is 23.2 Å². The number of guanidine groups is 1. The Bertz CT molecular complexity index is 681. The summed E-state index contributed by atoms with van der Waals surface area (Å²) in [5, 5.41) is 0.681. The summed E-state index contributed by atoms with van der Waals surface area (Å²) in [4.78, 5) is 7.83. The molecule has 0 saturated carbocycles. The number of hydrogen-bond donors (Lipinski definition) is 0. The zero-order valence-corrected chi connectivity index (χ0v) is 12.2. The highest BCUT2D eigenvalue weighted by atomic mass is 35.5. The molecule has 0 N–H and O–H groups in total. The summed E-state index contributed by atoms with van der Waals surface area (Å²) in [6, 6.07) is 5.55. The Balaban J connectivity index is 2.11. The molecule has 3 rings (SSSR count). The van der Waals surface area contributed by atoms with Crippen molar-refractivity contribution in [1.29, 1.82) is 0 Å². The maximum absolute atomic E-state index is 13.9. The van der Waals surface area contributed by atoms with Gasteiger partial charge >= 0.3 is 0 Å². The summed E-state index contributed by atoms with van der Waals surface area (Å²) in [5.74, 6) is 0.0826. The minimum Gasteiger partial charge on any atom is -0.284 e. The van der Waals surface area contributed by atoms with Crippen molar-refractivity contribution in [2.24, 2.45) is 4.99 Å². The van der Waals surface area contributed by atoms with Crippen LogP contribution in [0.3, 0.4) is 0 Å². The van der Waals surface area contributed by atoms with Crippen molar-refractivity contribution in [3.05, 3.63) is 53.1 Å². The fourth-order valence-corrected chi connectivity index (χ4v) is 2.54. The van der Waals surface area contributed by atoms with Gasteiger partial charge in [0.2, 0.25) is 5.96 Å². The van der Waals surface area contributed by atoms with Gasteiger partial charge in [-0.05, 0) is 36.8 Å². The molecule has 0 aliphatic carbocycles. The van der Waals surface area contributed by atoms with E-state index in [9.17, 15) is 4.39 Å². The van der Waals surface area contributed by atoms with Gasteiger partial charge in [0, 0.05) is 23.8 Å². The molecule has 1 aromatic carbocycles. The Morgan fingerprint density at radius 2 is 2.20 bits per heavy atom. The maximum Gasteiger partial charge on any atom is 0.217 e. The lowest BCUT2D eigenvalue weighted by Gasteiger charge is -2.37. The highest BCUT2D eigenvalue weighted by Gasteiger charge is 2.31. The largest absolute Gasteiger partial charge is 0.284 e. The van der Waals surface area contributed by atoms with Crippen molar-refractivity contribution < 1.29 is 4.39 Å². The topological polar surface area (TPSA) is 18.8 Å². The Hall–Kier alpha value is -1.72. The smallest absolute Gasteiger partial charge is 0.217 e. The molecule has 6 heteroatoms. The SMILES string of the molecule is Cc1cc(N2C(=S)C=C(F)N3CC=CN=C32)ccc1Cl. The third-order valence-corrected chi connectivity index (χ3v) is 3.87. The van der Waals surface area contributed by atoms with Gasteiger partial charge in [-0.3, -0.25) is 9.80 Å². The highest BCUT2D eigenvalue weighted by Crippen LogP contribution is 2.28. The second-order valence-electron chi connectivity index (χ2n) is 4.50. The standard InChI is InChI=1S/C14H11ClFN3S/c1-9-7-10(3-4-11(9)15)19-13(20)8-12(16)18-6-2-5-17-14(18)19/h2-5,7-8H,6H2,1H3. The third-order valence-electron chi connectivity index (χ3n) is 3.15. The van der Waals surface area contributed by atoms with Gasteiger partial charge in [-0.1, -0.05) is 23.8 Å². The van der Waals surface area contributed by atoms with Gasteiger partial charge in [-0.15, -0.1) is 0 Å². The van der Waals surface area contributed by atoms with E-state index in [-0.39, 0.29) is 5.95 Å². The zero-order valence-electron chi connectivity index (χ0n) is 10.7. The van der Waals surface area contributed by atoms with Gasteiger partial charge in [0.05, 0.1) is 5.69 Å². The summed E-state index contributed by atoms with van der Waals surface area (Å²) in [6.07, 6.45) is 4.77. The first-order valence-corrected chi connectivity index (χ1v) is 6.84. The minimum atomic E-state index is -0.389. The number of halogens is 2. The molecule has 0 bridgehead atoms. The average molecular weight is 308 g/mol. The highest BCUT2D eigenvalue weighted by molar-refractivity contribution is 7.81. The Kier molecular flexibility index (Phi) is 3.31. The molecule has 0 fully saturated rings. The van der Waals surface area contributed by atoms with Crippen LogP contribution in [-0.4, -0.2) is 22.4 Å². The van der Waals surface area contributed by atoms with Gasteiger partial charge in [0.25, 0.3) is 0 Å². The molecule has 0 atom stereocenters. The lowest BCUT2D eigenvalue weighted by atomic mass is 10.2. The maximum atomic E-state index is 13.9. The van der Waals surface area contributed by atoms with Crippen molar-refractivity contribution in [1.82, 2.24) is 4.90 Å². The van der Waals surface area contributed by atoms with Gasteiger partial charge in [-0.2, -0.15) is 4.39 Å². The summed E-state index contributed by atoms with van der Waals surface area (Å²) in [7, 11) is 0. The average Bonchev–Trinajstić information content (AvgIpc) is 2.43. The first-order chi connectivity index (χ1) is 9.58. The van der Waals surface area contributed by atoms with Crippen LogP contribution in [0.25, 0.3) is 0 Å². The summed E-state index contributed by atoms with van der Waals surface area (Å²) >= 11 is 11.3. The normalized spacial score (nSPS) is 17.9. The predicted molar refractivity (Wildman–Crippen MR) is 83.7 cm³/mol. The molecule has 0 unspecified atom stereocenters. The molecule has 0 amide bonds. The molecule has 0 aromatic heterocycles. The van der Waals surface area contributed by atoms with E-state index in [1.165, 1.54) is 11.0 Å². The number of rotatable bonds is 1. The van der Waals surface area contributed by atoms with E-state index >= 15 is 0 Å². The number of aryl methyl sites for hydroxylation is 1. The van der Waals surface area contributed by atoms with Crippen LogP contribution in [0.4, 0.5) is 10.1 Å². The van der Waals surface area contributed by atoms with Gasteiger partial charge in [0.1, 0.15) is 4.99 Å². The zero-order chi connectivity index (χ0) is 14.3. The minimum absolute atomic E-state index is 0.370. The number of nitrogens with zero attached hydrogens (tertiary/aromatic N) is 3. The molecule has 3 nitrogen and oxygen atoms in total. The van der Waals surface area contributed by atoms with E-state index < -0.39 is 0 Å². The number of hydrogen-bond acceptors (Lipinski definition) is 3. The Morgan fingerprint density at radius 1 is 1.40 bits per heavy atom. The van der Waals surface area contributed by atoms with Crippen LogP contribution in [0.15, 0.2) is 47.5 Å². The number of anilines is 1. The van der Waals surface area contributed by atoms with Crippen molar-refractivity contribution in [2.75, 3.05) is 11.4 Å². The second kappa shape index (κ2) is 5.00. The molecule has 2 aliphatic heterocycles. The molecule has 0 spiro atoms. The van der Waals surface area contributed by atoms with Crippen LogP contribution >= 0.6 is 23.8 Å². The number of thiocarbonyl (C=S) groups is 1. The summed E-state index contributed by atoms with van der Waals surface area (Å²) < 4.78 is 13.9. The number of aliphatic imine (C=N–C) groups is 1. The predicted octanol–water partition coefficient (Wildman–Crippen LogP) is 3.79. The fraction of sp³-hybridized carbons (Fsp3) is 0.143. The van der Waals surface area contributed by atoms with E-state index in [0.29, 0.717) is 22.5 Å². The molecular formula is C14H11ClFN3S. The van der Waals surface area contributed by atoms with Crippen molar-refractivity contribution >= 4 is 40.5 Å². The van der Waals surface area contributed by atoms with Crippen LogP contribution in [0.5, 0.6) is 0 Å². The molecule has 20 heavy (non-hydrogen) atoms. The van der Waals surface area contributed by atoms with Gasteiger partial charge < -0.3 is 0 Å². The monoisotopic (exact) mass is 307 g/mol. The van der Waals surface area contributed by atoms with Gasteiger partial charge in [-0.25, -0.2) is 4.99 Å². The lowest BCUT2D eigenvalue weighted by molar-refractivity contribution is 0.402. The van der Waals surface area contributed by atoms with Crippen molar-refractivity contribution in [3.8, 4) is 0 Å². The number of benzene rings is 1. The van der Waals surface area contributed by atoms with Crippen LogP contribution in [0.1, 0.15) is 5.56 Å². The summed E-state index contributed by atoms with van der Waals surface area (Å²) in [6.45, 7) is 2.35. The van der Waals surface area contributed by atoms with E-state index in [0.717, 1.165) is 11.3 Å². The van der Waals surface area contributed by atoms with Crippen molar-refractivity contribution in [3.63, 3.8) is 0 Å². The van der Waals surface area contributed by atoms with Crippen LogP contribution in [0, 0.1) is 6.92 Å². The quantitative estimate of drug-likeness (QED) is 0.581. The van der Waals surface area contributed by atoms with Gasteiger partial charge in [0.15, 0.2) is 5.95 Å². The van der Waals surface area contributed by atoms with E-state index in [2.05, 4.69) is 4.99 Å². The molecule has 1 aromatic rings. The second-order valence-corrected chi connectivity index (χ2v) is 5.32. The molecule has 0 radical (unpaired) electrons. The third kappa shape index (κ3) is 2.13.